The van der Waals surface area contributed by atoms with Crippen LogP contribution in [0.2, 0.25) is 0 Å². The average Bonchev–Trinajstić information content (AvgIpc) is 2.58. The van der Waals surface area contributed by atoms with Gasteiger partial charge < -0.3 is 14.8 Å². The van der Waals surface area contributed by atoms with Crippen molar-refractivity contribution in [3.63, 3.8) is 0 Å². The second kappa shape index (κ2) is 8.33. The number of para-hydroxylation sites is 1. The minimum Gasteiger partial charge on any atom is -0.481 e. The summed E-state index contributed by atoms with van der Waals surface area (Å²) in [6.45, 7) is 7.61. The average molecular weight is 341 g/mol. The van der Waals surface area contributed by atoms with Gasteiger partial charge in [-0.25, -0.2) is 4.79 Å². The molecule has 132 valence electrons. The van der Waals surface area contributed by atoms with Crippen LogP contribution in [0.5, 0.6) is 5.75 Å². The van der Waals surface area contributed by atoms with E-state index in [1.54, 1.807) is 38.1 Å². The van der Waals surface area contributed by atoms with Crippen molar-refractivity contribution in [2.45, 2.75) is 33.8 Å². The second-order valence-corrected chi connectivity index (χ2v) is 5.78. The maximum atomic E-state index is 12.4. The SMILES string of the molecule is CCOC(=O)c1ccccc1NC(=O)[C@@H](C)Oc1ccc(C)cc1C. The van der Waals surface area contributed by atoms with E-state index in [1.165, 1.54) is 0 Å². The summed E-state index contributed by atoms with van der Waals surface area (Å²) in [6, 6.07) is 12.5. The van der Waals surface area contributed by atoms with Crippen molar-refractivity contribution in [3.05, 3.63) is 59.2 Å². The van der Waals surface area contributed by atoms with Crippen LogP contribution in [-0.4, -0.2) is 24.6 Å². The van der Waals surface area contributed by atoms with Crippen molar-refractivity contribution in [1.29, 1.82) is 0 Å². The van der Waals surface area contributed by atoms with Crippen LogP contribution in [0.1, 0.15) is 35.3 Å². The summed E-state index contributed by atoms with van der Waals surface area (Å²) in [4.78, 5) is 24.4. The Kier molecular flexibility index (Phi) is 6.17. The predicted octanol–water partition coefficient (Wildman–Crippen LogP) is 3.89. The zero-order valence-corrected chi connectivity index (χ0v) is 15.0. The van der Waals surface area contributed by atoms with E-state index in [0.29, 0.717) is 17.0 Å². The smallest absolute Gasteiger partial charge is 0.340 e. The Balaban J connectivity index is 2.10. The topological polar surface area (TPSA) is 64.6 Å². The number of carbonyl (C=O) groups is 2. The Morgan fingerprint density at radius 2 is 1.84 bits per heavy atom. The van der Waals surface area contributed by atoms with Crippen LogP contribution in [0, 0.1) is 13.8 Å². The Morgan fingerprint density at radius 3 is 2.52 bits per heavy atom. The highest BCUT2D eigenvalue weighted by Crippen LogP contribution is 2.21. The number of ether oxygens (including phenoxy) is 2. The van der Waals surface area contributed by atoms with Gasteiger partial charge in [0.15, 0.2) is 6.10 Å². The Hall–Kier alpha value is -2.82. The van der Waals surface area contributed by atoms with Crippen molar-refractivity contribution in [2.75, 3.05) is 11.9 Å². The molecular formula is C20H23NO4. The minimum absolute atomic E-state index is 0.271. The van der Waals surface area contributed by atoms with Crippen LogP contribution in [-0.2, 0) is 9.53 Å². The number of benzene rings is 2. The van der Waals surface area contributed by atoms with Crippen molar-refractivity contribution < 1.29 is 19.1 Å². The molecule has 5 nitrogen and oxygen atoms in total. The Bertz CT molecular complexity index is 770. The third-order valence-electron chi connectivity index (χ3n) is 3.68. The molecule has 2 aromatic rings. The molecule has 0 bridgehead atoms. The quantitative estimate of drug-likeness (QED) is 0.810. The lowest BCUT2D eigenvalue weighted by molar-refractivity contribution is -0.122. The number of carbonyl (C=O) groups excluding carboxylic acids is 2. The van der Waals surface area contributed by atoms with Gasteiger partial charge in [-0.3, -0.25) is 4.79 Å². The van der Waals surface area contributed by atoms with E-state index in [9.17, 15) is 9.59 Å². The molecular weight excluding hydrogens is 318 g/mol. The van der Waals surface area contributed by atoms with E-state index < -0.39 is 12.1 Å². The lowest BCUT2D eigenvalue weighted by Gasteiger charge is -2.17. The maximum Gasteiger partial charge on any atom is 0.340 e. The van der Waals surface area contributed by atoms with Gasteiger partial charge in [-0.05, 0) is 51.5 Å². The van der Waals surface area contributed by atoms with E-state index in [1.807, 2.05) is 32.0 Å². The molecule has 1 N–H and O–H groups in total. The van der Waals surface area contributed by atoms with Crippen molar-refractivity contribution >= 4 is 17.6 Å². The summed E-state index contributed by atoms with van der Waals surface area (Å²) in [5.74, 6) is -0.148. The maximum absolute atomic E-state index is 12.4. The number of hydrogen-bond acceptors (Lipinski definition) is 4. The van der Waals surface area contributed by atoms with E-state index in [0.717, 1.165) is 11.1 Å². The molecule has 0 saturated carbocycles. The van der Waals surface area contributed by atoms with Crippen LogP contribution in [0.3, 0.4) is 0 Å². The molecule has 0 spiro atoms. The molecule has 2 aromatic carbocycles. The summed E-state index contributed by atoms with van der Waals surface area (Å²) in [5.41, 5.74) is 2.82. The van der Waals surface area contributed by atoms with Gasteiger partial charge in [0.2, 0.25) is 0 Å². The first-order valence-corrected chi connectivity index (χ1v) is 8.23. The van der Waals surface area contributed by atoms with Gasteiger partial charge in [-0.15, -0.1) is 0 Å². The number of nitrogens with one attached hydrogen (secondary N) is 1. The lowest BCUT2D eigenvalue weighted by Crippen LogP contribution is -2.31. The predicted molar refractivity (Wildman–Crippen MR) is 97.0 cm³/mol. The number of aryl methyl sites for hydroxylation is 2. The van der Waals surface area contributed by atoms with Crippen LogP contribution in [0.25, 0.3) is 0 Å². The largest absolute Gasteiger partial charge is 0.481 e. The van der Waals surface area contributed by atoms with Gasteiger partial charge in [0.1, 0.15) is 5.75 Å². The number of rotatable bonds is 6. The van der Waals surface area contributed by atoms with E-state index >= 15 is 0 Å². The first-order valence-electron chi connectivity index (χ1n) is 8.23. The van der Waals surface area contributed by atoms with Crippen LogP contribution < -0.4 is 10.1 Å². The van der Waals surface area contributed by atoms with E-state index in [4.69, 9.17) is 9.47 Å². The standard InChI is InChI=1S/C20H23NO4/c1-5-24-20(23)16-8-6-7-9-17(16)21-19(22)15(4)25-18-11-10-13(2)12-14(18)3/h6-12,15H,5H2,1-4H3,(H,21,22)/t15-/m1/s1. The molecule has 1 amide bonds. The third-order valence-corrected chi connectivity index (χ3v) is 3.68. The molecule has 0 unspecified atom stereocenters. The normalized spacial score (nSPS) is 11.5. The summed E-state index contributed by atoms with van der Waals surface area (Å²) in [7, 11) is 0. The number of amides is 1. The molecule has 0 saturated heterocycles. The molecule has 5 heteroatoms. The van der Waals surface area contributed by atoms with E-state index in [-0.39, 0.29) is 12.5 Å². The minimum atomic E-state index is -0.711. The van der Waals surface area contributed by atoms with Crippen LogP contribution >= 0.6 is 0 Å². The van der Waals surface area contributed by atoms with E-state index in [2.05, 4.69) is 5.32 Å². The highest BCUT2D eigenvalue weighted by Gasteiger charge is 2.19. The zero-order valence-electron chi connectivity index (χ0n) is 15.0. The van der Waals surface area contributed by atoms with Crippen LogP contribution in [0.15, 0.2) is 42.5 Å². The third kappa shape index (κ3) is 4.83. The van der Waals surface area contributed by atoms with Gasteiger partial charge in [0, 0.05) is 0 Å². The lowest BCUT2D eigenvalue weighted by atomic mass is 10.1. The summed E-state index contributed by atoms with van der Waals surface area (Å²) in [5, 5.41) is 2.74. The summed E-state index contributed by atoms with van der Waals surface area (Å²) >= 11 is 0. The second-order valence-electron chi connectivity index (χ2n) is 5.78. The molecule has 0 radical (unpaired) electrons. The Morgan fingerprint density at radius 1 is 1.12 bits per heavy atom. The number of anilines is 1. The molecule has 0 aliphatic rings. The first kappa shape index (κ1) is 18.5. The molecule has 2 rings (SSSR count). The van der Waals surface area contributed by atoms with Crippen molar-refractivity contribution in [1.82, 2.24) is 0 Å². The van der Waals surface area contributed by atoms with Crippen molar-refractivity contribution in [3.8, 4) is 5.75 Å². The summed E-state index contributed by atoms with van der Waals surface area (Å²) in [6.07, 6.45) is -0.711. The van der Waals surface area contributed by atoms with Gasteiger partial charge in [0.05, 0.1) is 17.9 Å². The molecule has 0 aromatic heterocycles. The summed E-state index contributed by atoms with van der Waals surface area (Å²) < 4.78 is 10.8. The monoisotopic (exact) mass is 341 g/mol. The number of esters is 1. The fourth-order valence-electron chi connectivity index (χ4n) is 2.39. The molecule has 1 atom stereocenters. The molecule has 0 fully saturated rings. The zero-order chi connectivity index (χ0) is 18.4. The highest BCUT2D eigenvalue weighted by molar-refractivity contribution is 6.02. The van der Waals surface area contributed by atoms with Gasteiger partial charge in [0.25, 0.3) is 5.91 Å². The fourth-order valence-corrected chi connectivity index (χ4v) is 2.39. The Labute approximate surface area is 148 Å². The molecule has 0 aliphatic heterocycles. The van der Waals surface area contributed by atoms with Gasteiger partial charge in [-0.1, -0.05) is 29.8 Å². The van der Waals surface area contributed by atoms with Crippen molar-refractivity contribution in [2.24, 2.45) is 0 Å². The number of hydrogen-bond donors (Lipinski definition) is 1. The molecule has 0 aliphatic carbocycles. The molecule has 25 heavy (non-hydrogen) atoms. The highest BCUT2D eigenvalue weighted by atomic mass is 16.5. The van der Waals surface area contributed by atoms with Gasteiger partial charge >= 0.3 is 5.97 Å². The molecule has 0 heterocycles. The van der Waals surface area contributed by atoms with Gasteiger partial charge in [-0.2, -0.15) is 0 Å². The fraction of sp³-hybridized carbons (Fsp3) is 0.300. The first-order chi connectivity index (χ1) is 11.9. The van der Waals surface area contributed by atoms with Crippen LogP contribution in [0.4, 0.5) is 5.69 Å².